The average Bonchev–Trinajstić information content (AvgIpc) is 3.12. The largest absolute Gasteiger partial charge is 0.497 e. The van der Waals surface area contributed by atoms with Gasteiger partial charge in [-0.15, -0.1) is 11.3 Å². The van der Waals surface area contributed by atoms with E-state index in [1.54, 1.807) is 25.8 Å². The first-order valence-corrected chi connectivity index (χ1v) is 9.00. The number of nitrogens with one attached hydrogen (secondary N) is 1. The summed E-state index contributed by atoms with van der Waals surface area (Å²) in [4.78, 5) is 4.09. The topological polar surface area (TPSA) is 91.0 Å². The van der Waals surface area contributed by atoms with E-state index in [1.165, 1.54) is 11.3 Å². The molecule has 0 bridgehead atoms. The number of para-hydroxylation sites is 1. The molecule has 3 rings (SSSR count). The molecule has 0 aliphatic carbocycles. The lowest BCUT2D eigenvalue weighted by molar-refractivity contribution is 0.283. The Morgan fingerprint density at radius 1 is 1.19 bits per heavy atom. The van der Waals surface area contributed by atoms with E-state index < -0.39 is 0 Å². The van der Waals surface area contributed by atoms with Gasteiger partial charge in [0.2, 0.25) is 5.13 Å². The molecular formula is C19H20N4O3S. The van der Waals surface area contributed by atoms with Crippen LogP contribution in [0.15, 0.2) is 52.9 Å². The third-order valence-corrected chi connectivity index (χ3v) is 4.40. The van der Waals surface area contributed by atoms with Gasteiger partial charge in [0.05, 0.1) is 20.4 Å². The monoisotopic (exact) mass is 384 g/mol. The Morgan fingerprint density at radius 2 is 2.04 bits per heavy atom. The lowest BCUT2D eigenvalue weighted by Gasteiger charge is -2.13. The number of anilines is 2. The van der Waals surface area contributed by atoms with Crippen LogP contribution in [0.4, 0.5) is 10.9 Å². The lowest BCUT2D eigenvalue weighted by Crippen LogP contribution is -2.02. The van der Waals surface area contributed by atoms with Gasteiger partial charge in [-0.1, -0.05) is 18.2 Å². The predicted molar refractivity (Wildman–Crippen MR) is 108 cm³/mol. The molecule has 0 spiro atoms. The van der Waals surface area contributed by atoms with E-state index >= 15 is 0 Å². The van der Waals surface area contributed by atoms with Crippen LogP contribution in [0.2, 0.25) is 0 Å². The summed E-state index contributed by atoms with van der Waals surface area (Å²) in [6.45, 7) is 0.370. The highest BCUT2D eigenvalue weighted by Crippen LogP contribution is 2.31. The molecule has 8 heteroatoms. The van der Waals surface area contributed by atoms with Crippen LogP contribution in [0, 0.1) is 0 Å². The fourth-order valence-electron chi connectivity index (χ4n) is 2.36. The summed E-state index contributed by atoms with van der Waals surface area (Å²) in [6.07, 6.45) is 1.65. The van der Waals surface area contributed by atoms with Crippen molar-refractivity contribution in [3.8, 4) is 17.2 Å². The molecule has 0 aliphatic rings. The van der Waals surface area contributed by atoms with Crippen molar-refractivity contribution < 1.29 is 14.2 Å². The molecule has 0 amide bonds. The van der Waals surface area contributed by atoms with Gasteiger partial charge in [-0.05, 0) is 29.8 Å². The quantitative estimate of drug-likeness (QED) is 0.454. The number of benzene rings is 2. The van der Waals surface area contributed by atoms with Crippen molar-refractivity contribution in [3.63, 3.8) is 0 Å². The summed E-state index contributed by atoms with van der Waals surface area (Å²) < 4.78 is 16.7. The summed E-state index contributed by atoms with van der Waals surface area (Å²) in [7, 11) is 3.24. The first-order chi connectivity index (χ1) is 13.2. The van der Waals surface area contributed by atoms with E-state index in [0.717, 1.165) is 16.9 Å². The molecule has 0 radical (unpaired) electrons. The Kier molecular flexibility index (Phi) is 6.11. The number of hydrogen-bond donors (Lipinski definition) is 2. The van der Waals surface area contributed by atoms with Gasteiger partial charge in [0.25, 0.3) is 0 Å². The van der Waals surface area contributed by atoms with Gasteiger partial charge in [-0.2, -0.15) is 5.10 Å². The number of nitrogen functional groups attached to an aromatic ring is 1. The molecule has 2 aromatic carbocycles. The maximum absolute atomic E-state index is 6.02. The Morgan fingerprint density at radius 3 is 2.78 bits per heavy atom. The van der Waals surface area contributed by atoms with Crippen molar-refractivity contribution in [2.45, 2.75) is 6.61 Å². The zero-order valence-corrected chi connectivity index (χ0v) is 15.8. The van der Waals surface area contributed by atoms with E-state index in [1.807, 2.05) is 42.5 Å². The number of ether oxygens (including phenoxy) is 3. The van der Waals surface area contributed by atoms with Gasteiger partial charge in [0.1, 0.15) is 18.2 Å². The number of nitrogens with zero attached hydrogens (tertiary/aromatic N) is 2. The number of thiazole rings is 1. The van der Waals surface area contributed by atoms with Crippen molar-refractivity contribution in [1.29, 1.82) is 0 Å². The molecule has 27 heavy (non-hydrogen) atoms. The van der Waals surface area contributed by atoms with Gasteiger partial charge in [0.15, 0.2) is 11.5 Å². The smallest absolute Gasteiger partial charge is 0.205 e. The van der Waals surface area contributed by atoms with Crippen LogP contribution in [0.25, 0.3) is 0 Å². The molecule has 7 nitrogen and oxygen atoms in total. The van der Waals surface area contributed by atoms with E-state index in [0.29, 0.717) is 29.1 Å². The SMILES string of the molecule is COc1cccc(COc2c(C=NNc3nc(N)cs3)cccc2OC)c1. The zero-order chi connectivity index (χ0) is 19.1. The Bertz CT molecular complexity index is 927. The number of hydrogen-bond acceptors (Lipinski definition) is 8. The maximum atomic E-state index is 6.02. The van der Waals surface area contributed by atoms with Crippen molar-refractivity contribution in [1.82, 2.24) is 4.98 Å². The third-order valence-electron chi connectivity index (χ3n) is 3.63. The second-order valence-electron chi connectivity index (χ2n) is 5.47. The van der Waals surface area contributed by atoms with E-state index in [-0.39, 0.29) is 0 Å². The summed E-state index contributed by atoms with van der Waals surface area (Å²) in [6, 6.07) is 13.3. The van der Waals surface area contributed by atoms with Gasteiger partial charge < -0.3 is 19.9 Å². The summed E-state index contributed by atoms with van der Waals surface area (Å²) >= 11 is 1.38. The molecule has 0 atom stereocenters. The number of hydrazone groups is 1. The predicted octanol–water partition coefficient (Wildman–Crippen LogP) is 3.77. The van der Waals surface area contributed by atoms with Crippen molar-refractivity contribution >= 4 is 28.5 Å². The van der Waals surface area contributed by atoms with Crippen molar-refractivity contribution in [3.05, 3.63) is 59.0 Å². The Balaban J connectivity index is 1.76. The molecule has 0 saturated carbocycles. The highest BCUT2D eigenvalue weighted by Gasteiger charge is 2.10. The molecule has 140 valence electrons. The first kappa shape index (κ1) is 18.5. The molecule has 3 aromatic rings. The van der Waals surface area contributed by atoms with Gasteiger partial charge in [0, 0.05) is 10.9 Å². The Labute approximate surface area is 161 Å². The zero-order valence-electron chi connectivity index (χ0n) is 15.0. The highest BCUT2D eigenvalue weighted by atomic mass is 32.1. The van der Waals surface area contributed by atoms with Crippen molar-refractivity contribution in [2.24, 2.45) is 5.10 Å². The first-order valence-electron chi connectivity index (χ1n) is 8.12. The second-order valence-corrected chi connectivity index (χ2v) is 6.32. The average molecular weight is 384 g/mol. The minimum absolute atomic E-state index is 0.370. The number of rotatable bonds is 8. The number of nitrogens with two attached hydrogens (primary N) is 1. The van der Waals surface area contributed by atoms with Gasteiger partial charge in [-0.25, -0.2) is 4.98 Å². The number of methoxy groups -OCH3 is 2. The van der Waals surface area contributed by atoms with Crippen LogP contribution in [0.5, 0.6) is 17.2 Å². The standard InChI is InChI=1S/C19H20N4O3S/c1-24-15-7-3-5-13(9-15)11-26-18-14(6-4-8-16(18)25-2)10-21-23-19-22-17(20)12-27-19/h3-10,12H,11,20H2,1-2H3,(H,22,23). The van der Waals surface area contributed by atoms with E-state index in [9.17, 15) is 0 Å². The highest BCUT2D eigenvalue weighted by molar-refractivity contribution is 7.14. The fraction of sp³-hybridized carbons (Fsp3) is 0.158. The van der Waals surface area contributed by atoms with Crippen LogP contribution in [-0.4, -0.2) is 25.4 Å². The third kappa shape index (κ3) is 4.89. The Hall–Kier alpha value is -3.26. The molecular weight excluding hydrogens is 364 g/mol. The number of aromatic nitrogens is 1. The molecule has 0 fully saturated rings. The van der Waals surface area contributed by atoms with Gasteiger partial charge in [-0.3, -0.25) is 5.43 Å². The molecule has 0 saturated heterocycles. The van der Waals surface area contributed by atoms with Crippen LogP contribution in [-0.2, 0) is 6.61 Å². The minimum atomic E-state index is 0.370. The van der Waals surface area contributed by atoms with Gasteiger partial charge >= 0.3 is 0 Å². The molecule has 3 N–H and O–H groups in total. The maximum Gasteiger partial charge on any atom is 0.205 e. The van der Waals surface area contributed by atoms with Crippen LogP contribution in [0.3, 0.4) is 0 Å². The summed E-state index contributed by atoms with van der Waals surface area (Å²) in [5.41, 5.74) is 10.2. The fourth-order valence-corrected chi connectivity index (χ4v) is 2.91. The normalized spacial score (nSPS) is 10.7. The summed E-state index contributed by atoms with van der Waals surface area (Å²) in [5, 5.41) is 6.56. The summed E-state index contributed by atoms with van der Waals surface area (Å²) in [5.74, 6) is 2.47. The van der Waals surface area contributed by atoms with E-state index in [2.05, 4.69) is 15.5 Å². The molecule has 0 unspecified atom stereocenters. The molecule has 1 aromatic heterocycles. The molecule has 1 heterocycles. The van der Waals surface area contributed by atoms with Crippen LogP contribution < -0.4 is 25.4 Å². The molecule has 0 aliphatic heterocycles. The van der Waals surface area contributed by atoms with Crippen LogP contribution >= 0.6 is 11.3 Å². The van der Waals surface area contributed by atoms with E-state index in [4.69, 9.17) is 19.9 Å². The second kappa shape index (κ2) is 8.91. The van der Waals surface area contributed by atoms with Crippen molar-refractivity contribution in [2.75, 3.05) is 25.4 Å². The minimum Gasteiger partial charge on any atom is -0.497 e. The lowest BCUT2D eigenvalue weighted by atomic mass is 10.2. The van der Waals surface area contributed by atoms with Crippen LogP contribution in [0.1, 0.15) is 11.1 Å².